The first-order valence-corrected chi connectivity index (χ1v) is 12.4. The van der Waals surface area contributed by atoms with Crippen molar-refractivity contribution in [1.29, 1.82) is 5.26 Å². The van der Waals surface area contributed by atoms with Gasteiger partial charge in [0.05, 0.1) is 11.6 Å². The minimum absolute atomic E-state index is 0.454. The SMILES string of the molecule is N#C/C(=C\c1ccc(B2OC(C(=O)O)C(C(=O)O)O2)cc1)c1ccc(N(c2ccccc2)c2ccccc2)cc1. The highest BCUT2D eigenvalue weighted by atomic mass is 16.7. The van der Waals surface area contributed by atoms with Crippen molar-refractivity contribution < 1.29 is 29.1 Å². The first-order chi connectivity index (χ1) is 19.4. The van der Waals surface area contributed by atoms with Crippen LogP contribution in [0.25, 0.3) is 11.6 Å². The molecule has 1 heterocycles. The molecule has 4 aromatic rings. The lowest BCUT2D eigenvalue weighted by Crippen LogP contribution is -2.36. The molecular formula is C31H23BN2O6. The molecule has 1 aliphatic heterocycles. The summed E-state index contributed by atoms with van der Waals surface area (Å²) in [5.74, 6) is -2.82. The Kier molecular flexibility index (Phi) is 7.74. The molecule has 9 heteroatoms. The predicted octanol–water partition coefficient (Wildman–Crippen LogP) is 4.87. The molecular weight excluding hydrogens is 507 g/mol. The second-order valence-corrected chi connectivity index (χ2v) is 9.01. The van der Waals surface area contributed by atoms with Gasteiger partial charge in [-0.15, -0.1) is 0 Å². The van der Waals surface area contributed by atoms with Gasteiger partial charge in [-0.25, -0.2) is 9.59 Å². The topological polar surface area (TPSA) is 120 Å². The lowest BCUT2D eigenvalue weighted by atomic mass is 9.79. The highest BCUT2D eigenvalue weighted by Crippen LogP contribution is 2.34. The Morgan fingerprint density at radius 1 is 0.725 bits per heavy atom. The normalized spacial score (nSPS) is 16.8. The van der Waals surface area contributed by atoms with Crippen LogP contribution in [-0.2, 0) is 18.9 Å². The van der Waals surface area contributed by atoms with Gasteiger partial charge in [0.2, 0.25) is 0 Å². The van der Waals surface area contributed by atoms with Gasteiger partial charge >= 0.3 is 19.1 Å². The molecule has 8 nitrogen and oxygen atoms in total. The van der Waals surface area contributed by atoms with Crippen LogP contribution >= 0.6 is 0 Å². The number of para-hydroxylation sites is 2. The van der Waals surface area contributed by atoms with Crippen LogP contribution in [0.4, 0.5) is 17.1 Å². The molecule has 2 atom stereocenters. The molecule has 0 saturated carbocycles. The van der Waals surface area contributed by atoms with E-state index in [-0.39, 0.29) is 0 Å². The summed E-state index contributed by atoms with van der Waals surface area (Å²) in [6.45, 7) is 0. The number of allylic oxidation sites excluding steroid dienone is 1. The van der Waals surface area contributed by atoms with Gasteiger partial charge in [-0.3, -0.25) is 0 Å². The van der Waals surface area contributed by atoms with E-state index < -0.39 is 31.3 Å². The standard InChI is InChI=1S/C31H23BN2O6/c33-20-23(19-21-11-15-24(16-12-21)32-39-28(30(35)36)29(40-32)31(37)38)22-13-17-27(18-14-22)34(25-7-3-1-4-8-25)26-9-5-2-6-10-26/h1-19,28-29H,(H,35,36)(H,37,38)/b23-19+. The molecule has 1 aliphatic rings. The van der Waals surface area contributed by atoms with Crippen LogP contribution in [0.15, 0.2) is 109 Å². The van der Waals surface area contributed by atoms with E-state index in [4.69, 9.17) is 9.31 Å². The Labute approximate surface area is 231 Å². The summed E-state index contributed by atoms with van der Waals surface area (Å²) in [5, 5.41) is 28.3. The molecule has 2 unspecified atom stereocenters. The maximum Gasteiger partial charge on any atom is 0.495 e. The maximum absolute atomic E-state index is 11.3. The van der Waals surface area contributed by atoms with Crippen molar-refractivity contribution in [2.24, 2.45) is 0 Å². The average molecular weight is 530 g/mol. The Morgan fingerprint density at radius 2 is 1.20 bits per heavy atom. The third-order valence-electron chi connectivity index (χ3n) is 6.41. The van der Waals surface area contributed by atoms with E-state index in [9.17, 15) is 25.1 Å². The maximum atomic E-state index is 11.3. The van der Waals surface area contributed by atoms with Crippen LogP contribution in [-0.4, -0.2) is 41.5 Å². The van der Waals surface area contributed by atoms with Gasteiger partial charge in [0.1, 0.15) is 0 Å². The summed E-state index contributed by atoms with van der Waals surface area (Å²) in [4.78, 5) is 24.8. The molecule has 0 radical (unpaired) electrons. The number of rotatable bonds is 8. The van der Waals surface area contributed by atoms with Crippen LogP contribution < -0.4 is 10.4 Å². The van der Waals surface area contributed by atoms with Crippen LogP contribution in [0.1, 0.15) is 11.1 Å². The smallest absolute Gasteiger partial charge is 0.479 e. The number of aliphatic carboxylic acids is 2. The first kappa shape index (κ1) is 26.4. The number of hydrogen-bond acceptors (Lipinski definition) is 6. The van der Waals surface area contributed by atoms with Crippen molar-refractivity contribution in [3.63, 3.8) is 0 Å². The first-order valence-electron chi connectivity index (χ1n) is 12.4. The van der Waals surface area contributed by atoms with E-state index in [0.29, 0.717) is 11.0 Å². The fourth-order valence-electron chi connectivity index (χ4n) is 4.46. The molecule has 0 bridgehead atoms. The number of carboxylic acid groups (broad SMARTS) is 2. The van der Waals surface area contributed by atoms with Crippen molar-refractivity contribution in [2.75, 3.05) is 4.90 Å². The number of nitriles is 1. The van der Waals surface area contributed by atoms with Gasteiger partial charge in [-0.2, -0.15) is 5.26 Å². The van der Waals surface area contributed by atoms with Gasteiger partial charge < -0.3 is 24.4 Å². The van der Waals surface area contributed by atoms with Crippen LogP contribution in [0.3, 0.4) is 0 Å². The van der Waals surface area contributed by atoms with Crippen molar-refractivity contribution in [1.82, 2.24) is 0 Å². The largest absolute Gasteiger partial charge is 0.495 e. The zero-order chi connectivity index (χ0) is 28.1. The van der Waals surface area contributed by atoms with Crippen LogP contribution in [0, 0.1) is 11.3 Å². The van der Waals surface area contributed by atoms with Gasteiger partial charge in [-0.1, -0.05) is 72.8 Å². The molecule has 1 fully saturated rings. The average Bonchev–Trinajstić information content (AvgIpc) is 3.45. The molecule has 1 saturated heterocycles. The summed E-state index contributed by atoms with van der Waals surface area (Å²) in [5.41, 5.74) is 5.36. The molecule has 0 aliphatic carbocycles. The highest BCUT2D eigenvalue weighted by molar-refractivity contribution is 6.62. The van der Waals surface area contributed by atoms with Crippen molar-refractivity contribution in [3.05, 3.63) is 120 Å². The molecule has 196 valence electrons. The summed E-state index contributed by atoms with van der Waals surface area (Å²) in [6, 6.07) is 36.8. The second-order valence-electron chi connectivity index (χ2n) is 9.01. The number of nitrogens with zero attached hydrogens (tertiary/aromatic N) is 2. The van der Waals surface area contributed by atoms with Gasteiger partial charge in [-0.05, 0) is 59.1 Å². The Morgan fingerprint density at radius 3 is 1.65 bits per heavy atom. The number of anilines is 3. The summed E-state index contributed by atoms with van der Waals surface area (Å²) in [6.07, 6.45) is -1.47. The number of carboxylic acids is 2. The molecule has 5 rings (SSSR count). The Balaban J connectivity index is 1.37. The van der Waals surface area contributed by atoms with E-state index >= 15 is 0 Å². The Bertz CT molecular complexity index is 1510. The van der Waals surface area contributed by atoms with E-state index in [1.807, 2.05) is 84.9 Å². The van der Waals surface area contributed by atoms with Crippen LogP contribution in [0.5, 0.6) is 0 Å². The number of hydrogen-bond donors (Lipinski definition) is 2. The minimum atomic E-state index is -1.60. The van der Waals surface area contributed by atoms with Crippen molar-refractivity contribution in [2.45, 2.75) is 12.2 Å². The number of carbonyl (C=O) groups is 2. The molecule has 0 spiro atoms. The van der Waals surface area contributed by atoms with Crippen molar-refractivity contribution in [3.8, 4) is 6.07 Å². The fourth-order valence-corrected chi connectivity index (χ4v) is 4.46. The fraction of sp³-hybridized carbons (Fsp3) is 0.0645. The van der Waals surface area contributed by atoms with Gasteiger partial charge in [0.15, 0.2) is 12.2 Å². The quantitative estimate of drug-likeness (QED) is 0.188. The third kappa shape index (κ3) is 5.64. The molecule has 2 N–H and O–H groups in total. The summed E-state index contributed by atoms with van der Waals surface area (Å²) in [7, 11) is -1.12. The molecule has 0 amide bonds. The van der Waals surface area contributed by atoms with E-state index in [1.165, 1.54) is 0 Å². The lowest BCUT2D eigenvalue weighted by Gasteiger charge is -2.25. The monoisotopic (exact) mass is 530 g/mol. The van der Waals surface area contributed by atoms with Crippen molar-refractivity contribution >= 4 is 53.2 Å². The zero-order valence-electron chi connectivity index (χ0n) is 21.1. The number of benzene rings is 4. The minimum Gasteiger partial charge on any atom is -0.479 e. The Hall–Kier alpha value is -5.17. The second kappa shape index (κ2) is 11.7. The van der Waals surface area contributed by atoms with E-state index in [1.54, 1.807) is 30.3 Å². The van der Waals surface area contributed by atoms with Gasteiger partial charge in [0, 0.05) is 17.1 Å². The third-order valence-corrected chi connectivity index (χ3v) is 6.41. The van der Waals surface area contributed by atoms with Gasteiger partial charge in [0.25, 0.3) is 0 Å². The molecule has 4 aromatic carbocycles. The summed E-state index contributed by atoms with van der Waals surface area (Å²) >= 11 is 0. The molecule has 0 aromatic heterocycles. The van der Waals surface area contributed by atoms with Crippen LogP contribution in [0.2, 0.25) is 0 Å². The molecule has 40 heavy (non-hydrogen) atoms. The highest BCUT2D eigenvalue weighted by Gasteiger charge is 2.48. The predicted molar refractivity (Wildman–Crippen MR) is 151 cm³/mol. The van der Waals surface area contributed by atoms with E-state index in [0.717, 1.165) is 28.2 Å². The lowest BCUT2D eigenvalue weighted by molar-refractivity contribution is -0.156. The zero-order valence-corrected chi connectivity index (χ0v) is 21.1. The van der Waals surface area contributed by atoms with E-state index in [2.05, 4.69) is 11.0 Å². The summed E-state index contributed by atoms with van der Waals surface area (Å²) < 4.78 is 10.6.